The maximum atomic E-state index is 5.53. The molecule has 0 aliphatic rings. The van der Waals surface area contributed by atoms with Crippen molar-refractivity contribution in [2.75, 3.05) is 6.54 Å². The van der Waals surface area contributed by atoms with Crippen LogP contribution >= 0.6 is 0 Å². The molecule has 4 N–H and O–H groups in total. The van der Waals surface area contributed by atoms with Gasteiger partial charge in [0.05, 0.1) is 5.69 Å². The van der Waals surface area contributed by atoms with Gasteiger partial charge in [-0.25, -0.2) is 0 Å². The standard InChI is InChI=1S/C9H15N3/c10-5-1-3-8-4-2-6-12-9(8)7-11/h2,4,6H,1,3,5,7,10-11H2. The van der Waals surface area contributed by atoms with Crippen molar-refractivity contribution >= 4 is 0 Å². The highest BCUT2D eigenvalue weighted by molar-refractivity contribution is 5.19. The van der Waals surface area contributed by atoms with Crippen LogP contribution in [-0.4, -0.2) is 11.5 Å². The Balaban J connectivity index is 2.68. The summed E-state index contributed by atoms with van der Waals surface area (Å²) in [5, 5.41) is 0. The number of nitrogens with zero attached hydrogens (tertiary/aromatic N) is 1. The van der Waals surface area contributed by atoms with Gasteiger partial charge in [0, 0.05) is 12.7 Å². The molecular formula is C9H15N3. The second kappa shape index (κ2) is 4.85. The molecule has 1 aromatic rings. The third kappa shape index (κ3) is 2.29. The molecular weight excluding hydrogens is 150 g/mol. The predicted octanol–water partition coefficient (Wildman–Crippen LogP) is 0.432. The minimum atomic E-state index is 0.515. The van der Waals surface area contributed by atoms with Crippen molar-refractivity contribution in [2.24, 2.45) is 11.5 Å². The van der Waals surface area contributed by atoms with Crippen LogP contribution < -0.4 is 11.5 Å². The minimum absolute atomic E-state index is 0.515. The first-order valence-corrected chi connectivity index (χ1v) is 4.21. The molecule has 1 rings (SSSR count). The number of hydrogen-bond acceptors (Lipinski definition) is 3. The summed E-state index contributed by atoms with van der Waals surface area (Å²) in [4.78, 5) is 4.18. The molecule has 0 aliphatic heterocycles. The first kappa shape index (κ1) is 9.16. The summed E-state index contributed by atoms with van der Waals surface area (Å²) < 4.78 is 0. The van der Waals surface area contributed by atoms with Crippen molar-refractivity contribution < 1.29 is 0 Å². The van der Waals surface area contributed by atoms with Gasteiger partial charge in [0.15, 0.2) is 0 Å². The van der Waals surface area contributed by atoms with E-state index < -0.39 is 0 Å². The highest BCUT2D eigenvalue weighted by Crippen LogP contribution is 2.06. The monoisotopic (exact) mass is 165 g/mol. The molecule has 1 heterocycles. The van der Waals surface area contributed by atoms with Crippen molar-refractivity contribution in [3.8, 4) is 0 Å². The van der Waals surface area contributed by atoms with E-state index in [-0.39, 0.29) is 0 Å². The fourth-order valence-electron chi connectivity index (χ4n) is 1.18. The van der Waals surface area contributed by atoms with Crippen molar-refractivity contribution in [3.05, 3.63) is 29.6 Å². The number of pyridine rings is 1. The van der Waals surface area contributed by atoms with Crippen molar-refractivity contribution in [1.29, 1.82) is 0 Å². The molecule has 0 aliphatic carbocycles. The number of aromatic nitrogens is 1. The molecule has 0 saturated heterocycles. The normalized spacial score (nSPS) is 10.2. The van der Waals surface area contributed by atoms with Gasteiger partial charge in [0.2, 0.25) is 0 Å². The van der Waals surface area contributed by atoms with E-state index in [1.54, 1.807) is 6.20 Å². The first-order chi connectivity index (χ1) is 5.88. The maximum Gasteiger partial charge on any atom is 0.0571 e. The number of rotatable bonds is 4. The molecule has 0 saturated carbocycles. The van der Waals surface area contributed by atoms with Crippen molar-refractivity contribution in [2.45, 2.75) is 19.4 Å². The Bertz CT molecular complexity index is 235. The summed E-state index contributed by atoms with van der Waals surface area (Å²) in [7, 11) is 0. The SMILES string of the molecule is NCCCc1cccnc1CN. The van der Waals surface area contributed by atoms with Gasteiger partial charge in [0.25, 0.3) is 0 Å². The number of nitrogens with two attached hydrogens (primary N) is 2. The van der Waals surface area contributed by atoms with Gasteiger partial charge in [-0.2, -0.15) is 0 Å². The van der Waals surface area contributed by atoms with E-state index in [4.69, 9.17) is 11.5 Å². The van der Waals surface area contributed by atoms with Crippen LogP contribution in [0.5, 0.6) is 0 Å². The molecule has 3 nitrogen and oxygen atoms in total. The van der Waals surface area contributed by atoms with Gasteiger partial charge in [-0.1, -0.05) is 6.07 Å². The first-order valence-electron chi connectivity index (χ1n) is 4.21. The smallest absolute Gasteiger partial charge is 0.0571 e. The molecule has 0 atom stereocenters. The van der Waals surface area contributed by atoms with Gasteiger partial charge >= 0.3 is 0 Å². The summed E-state index contributed by atoms with van der Waals surface area (Å²) in [5.74, 6) is 0. The van der Waals surface area contributed by atoms with Gasteiger partial charge < -0.3 is 11.5 Å². The third-order valence-corrected chi connectivity index (χ3v) is 1.83. The Morgan fingerprint density at radius 1 is 1.33 bits per heavy atom. The molecule has 0 radical (unpaired) electrons. The zero-order valence-corrected chi connectivity index (χ0v) is 7.16. The van der Waals surface area contributed by atoms with Crippen LogP contribution in [0.3, 0.4) is 0 Å². The molecule has 1 aromatic heterocycles. The van der Waals surface area contributed by atoms with Crippen molar-refractivity contribution in [3.63, 3.8) is 0 Å². The third-order valence-electron chi connectivity index (χ3n) is 1.83. The summed E-state index contributed by atoms with van der Waals surface area (Å²) in [6.07, 6.45) is 3.75. The Morgan fingerprint density at radius 2 is 2.17 bits per heavy atom. The topological polar surface area (TPSA) is 64.9 Å². The Hall–Kier alpha value is -0.930. The Kier molecular flexibility index (Phi) is 3.70. The van der Waals surface area contributed by atoms with Crippen LogP contribution in [0.25, 0.3) is 0 Å². The minimum Gasteiger partial charge on any atom is -0.330 e. The van der Waals surface area contributed by atoms with Gasteiger partial charge in [-0.05, 0) is 31.0 Å². The predicted molar refractivity (Wildman–Crippen MR) is 49.5 cm³/mol. The Morgan fingerprint density at radius 3 is 2.83 bits per heavy atom. The molecule has 0 unspecified atom stereocenters. The zero-order valence-electron chi connectivity index (χ0n) is 7.16. The second-order valence-corrected chi connectivity index (χ2v) is 2.71. The molecule has 0 amide bonds. The average Bonchev–Trinajstić information content (AvgIpc) is 2.15. The summed E-state index contributed by atoms with van der Waals surface area (Å²) in [6, 6.07) is 4.00. The van der Waals surface area contributed by atoms with E-state index in [1.165, 1.54) is 5.56 Å². The number of hydrogen-bond donors (Lipinski definition) is 2. The fraction of sp³-hybridized carbons (Fsp3) is 0.444. The molecule has 0 aromatic carbocycles. The lowest BCUT2D eigenvalue weighted by Gasteiger charge is -2.04. The van der Waals surface area contributed by atoms with Crippen LogP contribution in [-0.2, 0) is 13.0 Å². The highest BCUT2D eigenvalue weighted by Gasteiger charge is 1.99. The van der Waals surface area contributed by atoms with Crippen LogP contribution in [0.4, 0.5) is 0 Å². The van der Waals surface area contributed by atoms with E-state index in [9.17, 15) is 0 Å². The highest BCUT2D eigenvalue weighted by atomic mass is 14.7. The summed E-state index contributed by atoms with van der Waals surface area (Å²) >= 11 is 0. The second-order valence-electron chi connectivity index (χ2n) is 2.71. The summed E-state index contributed by atoms with van der Waals surface area (Å²) in [6.45, 7) is 1.24. The van der Waals surface area contributed by atoms with Gasteiger partial charge in [-0.15, -0.1) is 0 Å². The van der Waals surface area contributed by atoms with Crippen LogP contribution in [0.15, 0.2) is 18.3 Å². The van der Waals surface area contributed by atoms with Gasteiger partial charge in [0.1, 0.15) is 0 Å². The van der Waals surface area contributed by atoms with E-state index in [2.05, 4.69) is 11.1 Å². The molecule has 66 valence electrons. The Labute approximate surface area is 72.8 Å². The van der Waals surface area contributed by atoms with E-state index in [0.717, 1.165) is 25.1 Å². The lowest BCUT2D eigenvalue weighted by Crippen LogP contribution is -2.06. The van der Waals surface area contributed by atoms with Crippen LogP contribution in [0.2, 0.25) is 0 Å². The molecule has 0 bridgehead atoms. The van der Waals surface area contributed by atoms with E-state index >= 15 is 0 Å². The van der Waals surface area contributed by atoms with Crippen LogP contribution in [0.1, 0.15) is 17.7 Å². The lowest BCUT2D eigenvalue weighted by atomic mass is 10.1. The maximum absolute atomic E-state index is 5.53. The van der Waals surface area contributed by atoms with E-state index in [1.807, 2.05) is 6.07 Å². The van der Waals surface area contributed by atoms with E-state index in [0.29, 0.717) is 6.54 Å². The largest absolute Gasteiger partial charge is 0.330 e. The molecule has 12 heavy (non-hydrogen) atoms. The van der Waals surface area contributed by atoms with Crippen molar-refractivity contribution in [1.82, 2.24) is 4.98 Å². The molecule has 0 spiro atoms. The quantitative estimate of drug-likeness (QED) is 0.680. The van der Waals surface area contributed by atoms with Crippen LogP contribution in [0, 0.1) is 0 Å². The zero-order chi connectivity index (χ0) is 8.81. The lowest BCUT2D eigenvalue weighted by molar-refractivity contribution is 0.808. The summed E-state index contributed by atoms with van der Waals surface area (Å²) in [5.41, 5.74) is 13.2. The molecule has 0 fully saturated rings. The fourth-order valence-corrected chi connectivity index (χ4v) is 1.18. The number of aryl methyl sites for hydroxylation is 1. The van der Waals surface area contributed by atoms with Gasteiger partial charge in [-0.3, -0.25) is 4.98 Å². The average molecular weight is 165 g/mol. The molecule has 3 heteroatoms.